The van der Waals surface area contributed by atoms with Gasteiger partial charge in [-0.1, -0.05) is 11.6 Å². The molecule has 3 rings (SSSR count). The van der Waals surface area contributed by atoms with Gasteiger partial charge in [-0.05, 0) is 25.8 Å². The fraction of sp³-hybridized carbons (Fsp3) is 0.615. The second kappa shape index (κ2) is 5.27. The number of aryl methyl sites for hydroxylation is 1. The Labute approximate surface area is 122 Å². The van der Waals surface area contributed by atoms with E-state index in [-0.39, 0.29) is 6.10 Å². The van der Waals surface area contributed by atoms with E-state index in [1.165, 1.54) is 0 Å². The molecule has 20 heavy (non-hydrogen) atoms. The van der Waals surface area contributed by atoms with E-state index in [1.807, 2.05) is 14.0 Å². The molecule has 2 aromatic heterocycles. The van der Waals surface area contributed by atoms with Crippen LogP contribution in [0.25, 0.3) is 11.0 Å². The molecule has 1 saturated heterocycles. The molecule has 1 N–H and O–H groups in total. The largest absolute Gasteiger partial charge is 0.393 e. The lowest BCUT2D eigenvalue weighted by Gasteiger charge is -2.16. The topological polar surface area (TPSA) is 67.1 Å². The van der Waals surface area contributed by atoms with Crippen molar-refractivity contribution in [3.05, 3.63) is 17.2 Å². The van der Waals surface area contributed by atoms with Crippen LogP contribution in [-0.4, -0.2) is 48.9 Å². The molecule has 108 valence electrons. The van der Waals surface area contributed by atoms with Crippen LogP contribution in [0.3, 0.4) is 0 Å². The maximum Gasteiger partial charge on any atom is 0.162 e. The molecule has 0 saturated carbocycles. The van der Waals surface area contributed by atoms with Gasteiger partial charge in [0.2, 0.25) is 0 Å². The van der Waals surface area contributed by atoms with Crippen LogP contribution < -0.4 is 0 Å². The predicted octanol–water partition coefficient (Wildman–Crippen LogP) is 1.22. The lowest BCUT2D eigenvalue weighted by Crippen LogP contribution is -2.24. The Kier molecular flexibility index (Phi) is 3.62. The number of likely N-dealkylation sites (tertiary alicyclic amines) is 1. The molecule has 0 spiro atoms. The molecule has 6 nitrogen and oxygen atoms in total. The zero-order chi connectivity index (χ0) is 14.3. The Hall–Kier alpha value is -1.24. The molecule has 2 atom stereocenters. The quantitative estimate of drug-likeness (QED) is 0.863. The minimum Gasteiger partial charge on any atom is -0.393 e. The number of hydrogen-bond acceptors (Lipinski definition) is 5. The Bertz CT molecular complexity index is 626. The van der Waals surface area contributed by atoms with Crippen molar-refractivity contribution in [2.45, 2.75) is 26.0 Å². The molecular formula is C13H18ClN5O. The zero-order valence-corrected chi connectivity index (χ0v) is 12.4. The fourth-order valence-corrected chi connectivity index (χ4v) is 2.93. The summed E-state index contributed by atoms with van der Waals surface area (Å²) in [5, 5.41) is 15.0. The molecular weight excluding hydrogens is 278 g/mol. The molecule has 0 aliphatic carbocycles. The standard InChI is InChI=1S/C13H18ClN5O/c1-8(20)9-3-4-19(6-9)7-11-16-12(14)10-5-15-18(2)13(10)17-11/h5,8-9,20H,3-4,6-7H2,1-2H3. The second-order valence-electron chi connectivity index (χ2n) is 5.46. The third-order valence-electron chi connectivity index (χ3n) is 3.95. The van der Waals surface area contributed by atoms with Gasteiger partial charge in [0.05, 0.1) is 24.2 Å². The number of aliphatic hydroxyl groups excluding tert-OH is 1. The Morgan fingerprint density at radius 3 is 3.00 bits per heavy atom. The van der Waals surface area contributed by atoms with Crippen LogP contribution in [0.5, 0.6) is 0 Å². The number of fused-ring (bicyclic) bond motifs is 1. The first-order valence-corrected chi connectivity index (χ1v) is 7.17. The van der Waals surface area contributed by atoms with Gasteiger partial charge in [0, 0.05) is 13.6 Å². The normalized spacial score (nSPS) is 21.7. The first-order chi connectivity index (χ1) is 9.54. The first-order valence-electron chi connectivity index (χ1n) is 6.79. The summed E-state index contributed by atoms with van der Waals surface area (Å²) in [4.78, 5) is 11.1. The van der Waals surface area contributed by atoms with Gasteiger partial charge in [-0.2, -0.15) is 5.10 Å². The Morgan fingerprint density at radius 1 is 1.50 bits per heavy atom. The van der Waals surface area contributed by atoms with Crippen LogP contribution >= 0.6 is 11.6 Å². The maximum atomic E-state index is 9.64. The van der Waals surface area contributed by atoms with Crippen LogP contribution in [0.1, 0.15) is 19.2 Å². The molecule has 1 aliphatic heterocycles. The number of hydrogen-bond donors (Lipinski definition) is 1. The van der Waals surface area contributed by atoms with E-state index in [9.17, 15) is 5.11 Å². The van der Waals surface area contributed by atoms with Crippen molar-refractivity contribution in [1.29, 1.82) is 0 Å². The van der Waals surface area contributed by atoms with Crippen molar-refractivity contribution in [3.8, 4) is 0 Å². The van der Waals surface area contributed by atoms with Crippen LogP contribution in [0.2, 0.25) is 5.15 Å². The smallest absolute Gasteiger partial charge is 0.162 e. The summed E-state index contributed by atoms with van der Waals surface area (Å²) in [6, 6.07) is 0. The molecule has 0 radical (unpaired) electrons. The molecule has 0 bridgehead atoms. The highest BCUT2D eigenvalue weighted by molar-refractivity contribution is 6.33. The summed E-state index contributed by atoms with van der Waals surface area (Å²) in [6.07, 6.45) is 2.43. The molecule has 7 heteroatoms. The number of halogens is 1. The monoisotopic (exact) mass is 295 g/mol. The van der Waals surface area contributed by atoms with E-state index in [2.05, 4.69) is 20.0 Å². The van der Waals surface area contributed by atoms with E-state index in [0.717, 1.165) is 30.5 Å². The lowest BCUT2D eigenvalue weighted by atomic mass is 10.0. The third kappa shape index (κ3) is 2.51. The van der Waals surface area contributed by atoms with Crippen molar-refractivity contribution in [1.82, 2.24) is 24.6 Å². The van der Waals surface area contributed by atoms with E-state index >= 15 is 0 Å². The van der Waals surface area contributed by atoms with Crippen LogP contribution in [0.4, 0.5) is 0 Å². The van der Waals surface area contributed by atoms with Crippen molar-refractivity contribution < 1.29 is 5.11 Å². The summed E-state index contributed by atoms with van der Waals surface area (Å²) in [7, 11) is 1.84. The van der Waals surface area contributed by atoms with E-state index in [4.69, 9.17) is 11.6 Å². The molecule has 1 aliphatic rings. The van der Waals surface area contributed by atoms with Gasteiger partial charge < -0.3 is 5.11 Å². The lowest BCUT2D eigenvalue weighted by molar-refractivity contribution is 0.127. The minimum atomic E-state index is -0.260. The summed E-state index contributed by atoms with van der Waals surface area (Å²) in [6.45, 7) is 4.34. The maximum absolute atomic E-state index is 9.64. The van der Waals surface area contributed by atoms with Crippen molar-refractivity contribution in [2.24, 2.45) is 13.0 Å². The van der Waals surface area contributed by atoms with Gasteiger partial charge in [-0.15, -0.1) is 0 Å². The molecule has 0 aromatic carbocycles. The van der Waals surface area contributed by atoms with E-state index < -0.39 is 0 Å². The van der Waals surface area contributed by atoms with Gasteiger partial charge in [0.25, 0.3) is 0 Å². The number of aromatic nitrogens is 4. The second-order valence-corrected chi connectivity index (χ2v) is 5.82. The fourth-order valence-electron chi connectivity index (χ4n) is 2.70. The highest BCUT2D eigenvalue weighted by atomic mass is 35.5. The van der Waals surface area contributed by atoms with E-state index in [1.54, 1.807) is 10.9 Å². The molecule has 2 unspecified atom stereocenters. The summed E-state index contributed by atoms with van der Waals surface area (Å²) in [5.41, 5.74) is 0.756. The minimum absolute atomic E-state index is 0.260. The summed E-state index contributed by atoms with van der Waals surface area (Å²) < 4.78 is 1.70. The highest BCUT2D eigenvalue weighted by Crippen LogP contribution is 2.23. The molecule has 0 amide bonds. The Morgan fingerprint density at radius 2 is 2.30 bits per heavy atom. The predicted molar refractivity (Wildman–Crippen MR) is 76.4 cm³/mol. The first kappa shape index (κ1) is 13.7. The average Bonchev–Trinajstić information content (AvgIpc) is 2.98. The van der Waals surface area contributed by atoms with Gasteiger partial charge in [0.1, 0.15) is 11.0 Å². The molecule has 1 fully saturated rings. The number of rotatable bonds is 3. The molecule has 2 aromatic rings. The van der Waals surface area contributed by atoms with Gasteiger partial charge in [-0.3, -0.25) is 9.58 Å². The van der Waals surface area contributed by atoms with Crippen molar-refractivity contribution >= 4 is 22.6 Å². The zero-order valence-electron chi connectivity index (χ0n) is 11.6. The number of aliphatic hydroxyl groups is 1. The Balaban J connectivity index is 1.80. The van der Waals surface area contributed by atoms with Crippen LogP contribution in [0, 0.1) is 5.92 Å². The number of nitrogens with zero attached hydrogens (tertiary/aromatic N) is 5. The third-order valence-corrected chi connectivity index (χ3v) is 4.24. The highest BCUT2D eigenvalue weighted by Gasteiger charge is 2.26. The summed E-state index contributed by atoms with van der Waals surface area (Å²) in [5.74, 6) is 1.04. The van der Waals surface area contributed by atoms with Gasteiger partial charge in [0.15, 0.2) is 5.65 Å². The SMILES string of the molecule is CC(O)C1CCN(Cc2nc(Cl)c3cnn(C)c3n2)C1. The average molecular weight is 296 g/mol. The van der Waals surface area contributed by atoms with Crippen LogP contribution in [0.15, 0.2) is 6.20 Å². The van der Waals surface area contributed by atoms with Gasteiger partial charge >= 0.3 is 0 Å². The van der Waals surface area contributed by atoms with Crippen molar-refractivity contribution in [3.63, 3.8) is 0 Å². The van der Waals surface area contributed by atoms with Gasteiger partial charge in [-0.25, -0.2) is 9.97 Å². The van der Waals surface area contributed by atoms with Crippen molar-refractivity contribution in [2.75, 3.05) is 13.1 Å². The van der Waals surface area contributed by atoms with E-state index in [0.29, 0.717) is 23.4 Å². The van der Waals surface area contributed by atoms with Crippen LogP contribution in [-0.2, 0) is 13.6 Å². The summed E-state index contributed by atoms with van der Waals surface area (Å²) >= 11 is 6.18. The molecule has 3 heterocycles.